The monoisotopic (exact) mass is 326 g/mol. The first kappa shape index (κ1) is 15.9. The van der Waals surface area contributed by atoms with Crippen molar-refractivity contribution in [3.63, 3.8) is 0 Å². The number of aromatic nitrogens is 2. The van der Waals surface area contributed by atoms with Crippen LogP contribution >= 0.6 is 0 Å². The molecule has 2 amide bonds. The summed E-state index contributed by atoms with van der Waals surface area (Å²) < 4.78 is 0. The summed E-state index contributed by atoms with van der Waals surface area (Å²) in [6, 6.07) is 7.03. The van der Waals surface area contributed by atoms with E-state index in [1.807, 2.05) is 0 Å². The van der Waals surface area contributed by atoms with E-state index >= 15 is 0 Å². The van der Waals surface area contributed by atoms with Crippen molar-refractivity contribution in [3.8, 4) is 0 Å². The average Bonchev–Trinajstić information content (AvgIpc) is 3.03. The van der Waals surface area contributed by atoms with E-state index in [-0.39, 0.29) is 17.5 Å². The van der Waals surface area contributed by atoms with E-state index in [0.717, 1.165) is 24.2 Å². The zero-order valence-electron chi connectivity index (χ0n) is 13.1. The van der Waals surface area contributed by atoms with Gasteiger partial charge in [0.15, 0.2) is 0 Å². The van der Waals surface area contributed by atoms with Crippen LogP contribution < -0.4 is 15.9 Å². The summed E-state index contributed by atoms with van der Waals surface area (Å²) in [7, 11) is 0. The molecule has 7 heteroatoms. The first-order chi connectivity index (χ1) is 11.6. The lowest BCUT2D eigenvalue weighted by molar-refractivity contribution is -0.117. The van der Waals surface area contributed by atoms with Crippen LogP contribution in [0.15, 0.2) is 41.5 Å². The van der Waals surface area contributed by atoms with E-state index in [0.29, 0.717) is 24.9 Å². The van der Waals surface area contributed by atoms with Crippen LogP contribution in [-0.4, -0.2) is 34.9 Å². The van der Waals surface area contributed by atoms with Crippen LogP contribution in [0, 0.1) is 0 Å². The molecule has 2 N–H and O–H groups in total. The van der Waals surface area contributed by atoms with E-state index in [1.165, 1.54) is 6.20 Å². The minimum absolute atomic E-state index is 0.127. The molecule has 1 saturated heterocycles. The third-order valence-electron chi connectivity index (χ3n) is 3.94. The van der Waals surface area contributed by atoms with Crippen molar-refractivity contribution in [1.29, 1.82) is 0 Å². The number of benzene rings is 1. The number of nitrogens with zero attached hydrogens (tertiary/aromatic N) is 2. The highest BCUT2D eigenvalue weighted by atomic mass is 16.2. The Hall–Kier alpha value is -2.96. The van der Waals surface area contributed by atoms with Gasteiger partial charge in [-0.2, -0.15) is 0 Å². The minimum Gasteiger partial charge on any atom is -0.352 e. The highest BCUT2D eigenvalue weighted by molar-refractivity contribution is 5.97. The third-order valence-corrected chi connectivity index (χ3v) is 3.94. The lowest BCUT2D eigenvalue weighted by Gasteiger charge is -2.15. The number of carbonyl (C=O) groups excluding carboxylic acids is 2. The summed E-state index contributed by atoms with van der Waals surface area (Å²) >= 11 is 0. The quantitative estimate of drug-likeness (QED) is 0.852. The van der Waals surface area contributed by atoms with Crippen LogP contribution in [0.25, 0.3) is 0 Å². The van der Waals surface area contributed by atoms with Crippen LogP contribution in [0.5, 0.6) is 0 Å². The standard InChI is InChI=1S/C17H18N4O3/c22-15-2-1-9-21(15)14-5-3-13(4-6-14)16(23)18-8-7-12-10-19-17(24)20-11-12/h3-6,10-11H,1-2,7-9H2,(H,18,23)(H,19,20,24). The van der Waals surface area contributed by atoms with Gasteiger partial charge in [-0.1, -0.05) is 0 Å². The van der Waals surface area contributed by atoms with Crippen LogP contribution in [0.4, 0.5) is 5.69 Å². The number of nitrogens with one attached hydrogen (secondary N) is 2. The Morgan fingerprint density at radius 2 is 2.04 bits per heavy atom. The smallest absolute Gasteiger partial charge is 0.344 e. The van der Waals surface area contributed by atoms with Crippen molar-refractivity contribution in [1.82, 2.24) is 15.3 Å². The fourth-order valence-corrected chi connectivity index (χ4v) is 2.64. The van der Waals surface area contributed by atoms with Crippen LogP contribution in [0.3, 0.4) is 0 Å². The van der Waals surface area contributed by atoms with Gasteiger partial charge in [-0.15, -0.1) is 0 Å². The Bertz CT molecular complexity index is 778. The maximum atomic E-state index is 12.1. The van der Waals surface area contributed by atoms with Crippen LogP contribution in [0.1, 0.15) is 28.8 Å². The van der Waals surface area contributed by atoms with Crippen molar-refractivity contribution < 1.29 is 9.59 Å². The number of rotatable bonds is 5. The first-order valence-electron chi connectivity index (χ1n) is 7.86. The van der Waals surface area contributed by atoms with Gasteiger partial charge < -0.3 is 15.2 Å². The molecule has 1 aliphatic heterocycles. The number of aromatic amines is 1. The zero-order valence-corrected chi connectivity index (χ0v) is 13.1. The molecule has 3 rings (SSSR count). The predicted molar refractivity (Wildman–Crippen MR) is 88.9 cm³/mol. The summed E-state index contributed by atoms with van der Waals surface area (Å²) in [4.78, 5) is 42.6. The molecule has 0 aliphatic carbocycles. The lowest BCUT2D eigenvalue weighted by Crippen LogP contribution is -2.26. The van der Waals surface area contributed by atoms with Crippen LogP contribution in [-0.2, 0) is 11.2 Å². The molecular weight excluding hydrogens is 308 g/mol. The maximum Gasteiger partial charge on any atom is 0.344 e. The molecule has 124 valence electrons. The first-order valence-corrected chi connectivity index (χ1v) is 7.86. The van der Waals surface area contributed by atoms with E-state index in [4.69, 9.17) is 0 Å². The maximum absolute atomic E-state index is 12.1. The van der Waals surface area contributed by atoms with Crippen molar-refractivity contribution in [2.75, 3.05) is 18.0 Å². The van der Waals surface area contributed by atoms with Crippen molar-refractivity contribution in [2.24, 2.45) is 0 Å². The second kappa shape index (κ2) is 7.08. The number of carbonyl (C=O) groups is 2. The number of amides is 2. The molecular formula is C17H18N4O3. The number of hydrogen-bond donors (Lipinski definition) is 2. The van der Waals surface area contributed by atoms with Gasteiger partial charge in [-0.3, -0.25) is 9.59 Å². The average molecular weight is 326 g/mol. The van der Waals surface area contributed by atoms with Gasteiger partial charge in [0.2, 0.25) is 5.91 Å². The summed E-state index contributed by atoms with van der Waals surface area (Å²) in [5, 5.41) is 2.82. The number of anilines is 1. The zero-order chi connectivity index (χ0) is 16.9. The Balaban J connectivity index is 1.54. The Kier molecular flexibility index (Phi) is 4.69. The van der Waals surface area contributed by atoms with Gasteiger partial charge in [-0.25, -0.2) is 9.78 Å². The van der Waals surface area contributed by atoms with Gasteiger partial charge in [0.1, 0.15) is 0 Å². The topological polar surface area (TPSA) is 95.2 Å². The van der Waals surface area contributed by atoms with E-state index < -0.39 is 0 Å². The largest absolute Gasteiger partial charge is 0.352 e. The second-order valence-electron chi connectivity index (χ2n) is 5.63. The highest BCUT2D eigenvalue weighted by Crippen LogP contribution is 2.21. The van der Waals surface area contributed by atoms with E-state index in [1.54, 1.807) is 35.4 Å². The Labute approximate surface area is 138 Å². The third kappa shape index (κ3) is 3.68. The van der Waals surface area contributed by atoms with Gasteiger partial charge in [0, 0.05) is 43.2 Å². The van der Waals surface area contributed by atoms with E-state index in [9.17, 15) is 14.4 Å². The fourth-order valence-electron chi connectivity index (χ4n) is 2.64. The predicted octanol–water partition coefficient (Wildman–Crippen LogP) is 0.869. The lowest BCUT2D eigenvalue weighted by atomic mass is 10.1. The molecule has 0 unspecified atom stereocenters. The van der Waals surface area contributed by atoms with Crippen molar-refractivity contribution >= 4 is 17.5 Å². The summed E-state index contributed by atoms with van der Waals surface area (Å²) in [6.45, 7) is 1.18. The molecule has 1 aliphatic rings. The molecule has 0 radical (unpaired) electrons. The normalized spacial score (nSPS) is 14.0. The van der Waals surface area contributed by atoms with Crippen molar-refractivity contribution in [3.05, 3.63) is 58.3 Å². The second-order valence-corrected chi connectivity index (χ2v) is 5.63. The molecule has 0 atom stereocenters. The number of hydrogen-bond acceptors (Lipinski definition) is 4. The number of H-pyrrole nitrogens is 1. The molecule has 1 aromatic carbocycles. The molecule has 7 nitrogen and oxygen atoms in total. The minimum atomic E-state index is -0.389. The molecule has 2 heterocycles. The molecule has 1 fully saturated rings. The Morgan fingerprint density at radius 3 is 2.67 bits per heavy atom. The summed E-state index contributed by atoms with van der Waals surface area (Å²) in [5.41, 5.74) is 1.83. The molecule has 0 saturated carbocycles. The van der Waals surface area contributed by atoms with Gasteiger partial charge in [0.25, 0.3) is 5.91 Å². The molecule has 0 bridgehead atoms. The molecule has 0 spiro atoms. The van der Waals surface area contributed by atoms with Gasteiger partial charge in [-0.05, 0) is 42.7 Å². The fraction of sp³-hybridized carbons (Fsp3) is 0.294. The summed E-state index contributed by atoms with van der Waals surface area (Å²) in [6.07, 6.45) is 5.12. The van der Waals surface area contributed by atoms with Gasteiger partial charge in [0.05, 0.1) is 0 Å². The molecule has 2 aromatic rings. The summed E-state index contributed by atoms with van der Waals surface area (Å²) in [5.74, 6) is -0.0478. The van der Waals surface area contributed by atoms with Crippen molar-refractivity contribution in [2.45, 2.75) is 19.3 Å². The van der Waals surface area contributed by atoms with Gasteiger partial charge >= 0.3 is 5.69 Å². The van der Waals surface area contributed by atoms with E-state index in [2.05, 4.69) is 15.3 Å². The molecule has 1 aromatic heterocycles. The SMILES string of the molecule is O=C(NCCc1cnc(=O)[nH]c1)c1ccc(N2CCCC2=O)cc1. The Morgan fingerprint density at radius 1 is 1.25 bits per heavy atom. The molecule has 24 heavy (non-hydrogen) atoms. The van der Waals surface area contributed by atoms with Crippen LogP contribution in [0.2, 0.25) is 0 Å². The highest BCUT2D eigenvalue weighted by Gasteiger charge is 2.21.